The number of fused-ring (bicyclic) bond motifs is 1. The number of hydrogen-bond acceptors (Lipinski definition) is 2. The summed E-state index contributed by atoms with van der Waals surface area (Å²) in [7, 11) is 0. The van der Waals surface area contributed by atoms with E-state index in [0.717, 1.165) is 17.5 Å². The van der Waals surface area contributed by atoms with Gasteiger partial charge in [0.05, 0.1) is 11.3 Å². The number of rotatable bonds is 2. The molecular weight excluding hydrogens is 268 g/mol. The Labute approximate surface area is 126 Å². The number of nitrogens with one attached hydrogen (secondary N) is 1. The van der Waals surface area contributed by atoms with Crippen molar-refractivity contribution in [2.75, 3.05) is 5.32 Å². The van der Waals surface area contributed by atoms with Gasteiger partial charge in [0.1, 0.15) is 6.07 Å². The van der Waals surface area contributed by atoms with Gasteiger partial charge in [-0.05, 0) is 49.3 Å². The third-order valence-corrected chi connectivity index (χ3v) is 5.24. The monoisotopic (exact) mass is 288 g/mol. The number of nitrogens with zero attached hydrogens (tertiary/aromatic N) is 1. The zero-order valence-corrected chi connectivity index (χ0v) is 12.5. The maximum atomic E-state index is 9.19. The molecule has 0 bridgehead atoms. The van der Waals surface area contributed by atoms with Gasteiger partial charge in [0.25, 0.3) is 0 Å². The molecule has 0 spiro atoms. The summed E-state index contributed by atoms with van der Waals surface area (Å²) in [6.45, 7) is 0. The highest BCUT2D eigenvalue weighted by atomic mass is 35.5. The van der Waals surface area contributed by atoms with Crippen LogP contribution < -0.4 is 5.32 Å². The van der Waals surface area contributed by atoms with Crippen LogP contribution in [0.3, 0.4) is 0 Å². The molecule has 3 heteroatoms. The second kappa shape index (κ2) is 6.06. The number of hydrogen-bond donors (Lipinski definition) is 1. The van der Waals surface area contributed by atoms with Gasteiger partial charge in [-0.1, -0.05) is 37.3 Å². The van der Waals surface area contributed by atoms with Crippen LogP contribution >= 0.6 is 11.6 Å². The molecule has 0 aliphatic heterocycles. The number of halogens is 1. The molecular formula is C17H21ClN2. The summed E-state index contributed by atoms with van der Waals surface area (Å²) < 4.78 is 0. The Kier molecular flexibility index (Phi) is 4.17. The highest BCUT2D eigenvalue weighted by Gasteiger charge is 2.32. The van der Waals surface area contributed by atoms with Crippen LogP contribution in [0.2, 0.25) is 5.02 Å². The van der Waals surface area contributed by atoms with Crippen LogP contribution in [0.1, 0.15) is 50.5 Å². The van der Waals surface area contributed by atoms with E-state index in [2.05, 4.69) is 11.4 Å². The fourth-order valence-corrected chi connectivity index (χ4v) is 4.13. The molecule has 106 valence electrons. The lowest BCUT2D eigenvalue weighted by atomic mass is 9.69. The van der Waals surface area contributed by atoms with E-state index in [1.54, 1.807) is 12.1 Å². The molecule has 0 saturated heterocycles. The predicted molar refractivity (Wildman–Crippen MR) is 82.9 cm³/mol. The zero-order chi connectivity index (χ0) is 13.9. The normalized spacial score (nSPS) is 29.3. The molecule has 1 N–H and O–H groups in total. The van der Waals surface area contributed by atoms with Gasteiger partial charge in [-0.3, -0.25) is 0 Å². The van der Waals surface area contributed by atoms with E-state index in [9.17, 15) is 5.26 Å². The van der Waals surface area contributed by atoms with Crippen molar-refractivity contribution >= 4 is 17.3 Å². The molecule has 2 aliphatic carbocycles. The molecule has 3 atom stereocenters. The summed E-state index contributed by atoms with van der Waals surface area (Å²) in [5.74, 6) is 1.84. The van der Waals surface area contributed by atoms with Gasteiger partial charge in [-0.15, -0.1) is 0 Å². The van der Waals surface area contributed by atoms with Gasteiger partial charge in [-0.2, -0.15) is 5.26 Å². The van der Waals surface area contributed by atoms with E-state index < -0.39 is 0 Å². The third kappa shape index (κ3) is 2.94. The Bertz CT molecular complexity index is 520. The molecule has 20 heavy (non-hydrogen) atoms. The summed E-state index contributed by atoms with van der Waals surface area (Å²) >= 11 is 6.05. The molecule has 1 aromatic carbocycles. The maximum Gasteiger partial charge on any atom is 0.101 e. The van der Waals surface area contributed by atoms with E-state index in [1.165, 1.54) is 44.9 Å². The molecule has 3 rings (SSSR count). The molecule has 0 amide bonds. The first kappa shape index (κ1) is 13.8. The Balaban J connectivity index is 1.69. The molecule has 0 radical (unpaired) electrons. The van der Waals surface area contributed by atoms with E-state index in [4.69, 9.17) is 11.6 Å². The highest BCUT2D eigenvalue weighted by Crippen LogP contribution is 2.41. The van der Waals surface area contributed by atoms with E-state index in [0.29, 0.717) is 16.6 Å². The Hall–Kier alpha value is -1.20. The standard InChI is InChI=1S/C17H21ClN2/c18-15-7-5-14(11-19)17(10-15)20-16-8-6-12-3-1-2-4-13(12)9-16/h5,7,10,12-13,16,20H,1-4,6,8-9H2. The van der Waals surface area contributed by atoms with Gasteiger partial charge in [-0.25, -0.2) is 0 Å². The molecule has 0 aromatic heterocycles. The number of anilines is 1. The fourth-order valence-electron chi connectivity index (χ4n) is 3.96. The van der Waals surface area contributed by atoms with Crippen molar-refractivity contribution in [1.29, 1.82) is 5.26 Å². The lowest BCUT2D eigenvalue weighted by molar-refractivity contribution is 0.162. The zero-order valence-electron chi connectivity index (χ0n) is 11.7. The largest absolute Gasteiger partial charge is 0.381 e. The fraction of sp³-hybridized carbons (Fsp3) is 0.588. The predicted octanol–water partition coefficient (Wildman–Crippen LogP) is 4.98. The molecule has 2 saturated carbocycles. The summed E-state index contributed by atoms with van der Waals surface area (Å²) in [5, 5.41) is 13.5. The maximum absolute atomic E-state index is 9.19. The van der Waals surface area contributed by atoms with Gasteiger partial charge >= 0.3 is 0 Å². The summed E-state index contributed by atoms with van der Waals surface area (Å²) in [5.41, 5.74) is 1.60. The second-order valence-electron chi connectivity index (χ2n) is 6.26. The second-order valence-corrected chi connectivity index (χ2v) is 6.70. The summed E-state index contributed by atoms with van der Waals surface area (Å²) in [6, 6.07) is 8.21. The SMILES string of the molecule is N#Cc1ccc(Cl)cc1NC1CCC2CCCCC2C1. The summed E-state index contributed by atoms with van der Waals surface area (Å²) in [6.07, 6.45) is 9.45. The van der Waals surface area contributed by atoms with E-state index in [-0.39, 0.29) is 0 Å². The average Bonchev–Trinajstić information content (AvgIpc) is 2.47. The van der Waals surface area contributed by atoms with Gasteiger partial charge in [0.15, 0.2) is 0 Å². The smallest absolute Gasteiger partial charge is 0.101 e. The Morgan fingerprint density at radius 2 is 1.90 bits per heavy atom. The topological polar surface area (TPSA) is 35.8 Å². The molecule has 0 heterocycles. The van der Waals surface area contributed by atoms with Crippen LogP contribution in [0.25, 0.3) is 0 Å². The quantitative estimate of drug-likeness (QED) is 0.833. The third-order valence-electron chi connectivity index (χ3n) is 5.00. The lowest BCUT2D eigenvalue weighted by Crippen LogP contribution is -2.34. The molecule has 2 nitrogen and oxygen atoms in total. The molecule has 2 aliphatic rings. The van der Waals surface area contributed by atoms with E-state index in [1.807, 2.05) is 6.07 Å². The van der Waals surface area contributed by atoms with Crippen LogP contribution in [-0.2, 0) is 0 Å². The Morgan fingerprint density at radius 3 is 2.70 bits per heavy atom. The van der Waals surface area contributed by atoms with Crippen LogP contribution in [0.15, 0.2) is 18.2 Å². The first-order valence-electron chi connectivity index (χ1n) is 7.72. The number of benzene rings is 1. The Morgan fingerprint density at radius 1 is 1.10 bits per heavy atom. The van der Waals surface area contributed by atoms with Crippen molar-refractivity contribution in [3.05, 3.63) is 28.8 Å². The van der Waals surface area contributed by atoms with Crippen molar-refractivity contribution in [3.63, 3.8) is 0 Å². The minimum Gasteiger partial charge on any atom is -0.381 e. The minimum absolute atomic E-state index is 0.500. The molecule has 2 fully saturated rings. The van der Waals surface area contributed by atoms with Crippen molar-refractivity contribution in [2.45, 2.75) is 51.0 Å². The van der Waals surface area contributed by atoms with Gasteiger partial charge < -0.3 is 5.32 Å². The average molecular weight is 289 g/mol. The number of nitriles is 1. The van der Waals surface area contributed by atoms with Crippen LogP contribution in [0.5, 0.6) is 0 Å². The van der Waals surface area contributed by atoms with Gasteiger partial charge in [0.2, 0.25) is 0 Å². The van der Waals surface area contributed by atoms with Crippen LogP contribution in [-0.4, -0.2) is 6.04 Å². The van der Waals surface area contributed by atoms with Crippen molar-refractivity contribution in [2.24, 2.45) is 11.8 Å². The minimum atomic E-state index is 0.500. The first-order chi connectivity index (χ1) is 9.76. The van der Waals surface area contributed by atoms with Crippen molar-refractivity contribution in [3.8, 4) is 6.07 Å². The van der Waals surface area contributed by atoms with Gasteiger partial charge in [0, 0.05) is 11.1 Å². The molecule has 1 aromatic rings. The lowest BCUT2D eigenvalue weighted by Gasteiger charge is -2.40. The van der Waals surface area contributed by atoms with Crippen LogP contribution in [0.4, 0.5) is 5.69 Å². The molecule has 3 unspecified atom stereocenters. The van der Waals surface area contributed by atoms with Crippen molar-refractivity contribution in [1.82, 2.24) is 0 Å². The first-order valence-corrected chi connectivity index (χ1v) is 8.10. The van der Waals surface area contributed by atoms with E-state index >= 15 is 0 Å². The summed E-state index contributed by atoms with van der Waals surface area (Å²) in [4.78, 5) is 0. The highest BCUT2D eigenvalue weighted by molar-refractivity contribution is 6.30. The van der Waals surface area contributed by atoms with Crippen molar-refractivity contribution < 1.29 is 0 Å². The van der Waals surface area contributed by atoms with Crippen LogP contribution in [0, 0.1) is 23.2 Å².